The third-order valence-electron chi connectivity index (χ3n) is 2.51. The molecule has 0 saturated heterocycles. The van der Waals surface area contributed by atoms with Crippen molar-refractivity contribution in [3.63, 3.8) is 0 Å². The number of carbonyl (C=O) groups excluding carboxylic acids is 1. The standard InChI is InChI=1S/C10H12ClN5O/c1-3-6-9(11)7(16(2)15-6)4-8(17)10-12-5-13-14-10/h5H,3-4H2,1-2H3,(H,12,13,14). The van der Waals surface area contributed by atoms with Crippen molar-refractivity contribution < 1.29 is 4.79 Å². The second kappa shape index (κ2) is 4.67. The van der Waals surface area contributed by atoms with E-state index in [9.17, 15) is 4.79 Å². The Morgan fingerprint density at radius 2 is 2.35 bits per heavy atom. The molecule has 0 aliphatic rings. The highest BCUT2D eigenvalue weighted by Gasteiger charge is 2.18. The molecule has 0 aliphatic heterocycles. The number of aryl methyl sites for hydroxylation is 2. The third-order valence-corrected chi connectivity index (χ3v) is 2.95. The van der Waals surface area contributed by atoms with E-state index in [-0.39, 0.29) is 18.0 Å². The molecule has 0 amide bonds. The second-order valence-corrected chi connectivity index (χ2v) is 4.00. The van der Waals surface area contributed by atoms with Gasteiger partial charge in [-0.2, -0.15) is 10.2 Å². The van der Waals surface area contributed by atoms with Gasteiger partial charge in [-0.1, -0.05) is 18.5 Å². The molecule has 0 saturated carbocycles. The maximum Gasteiger partial charge on any atom is 0.205 e. The molecule has 0 fully saturated rings. The molecular weight excluding hydrogens is 242 g/mol. The first-order valence-electron chi connectivity index (χ1n) is 5.22. The van der Waals surface area contributed by atoms with Crippen LogP contribution >= 0.6 is 11.6 Å². The number of Topliss-reactive ketones (excluding diaryl/α,β-unsaturated/α-hetero) is 1. The van der Waals surface area contributed by atoms with E-state index in [0.717, 1.165) is 12.1 Å². The summed E-state index contributed by atoms with van der Waals surface area (Å²) >= 11 is 6.15. The highest BCUT2D eigenvalue weighted by molar-refractivity contribution is 6.32. The summed E-state index contributed by atoms with van der Waals surface area (Å²) in [6.07, 6.45) is 2.20. The number of carbonyl (C=O) groups is 1. The van der Waals surface area contributed by atoms with Crippen LogP contribution in [0.1, 0.15) is 28.9 Å². The molecule has 0 unspecified atom stereocenters. The molecule has 90 valence electrons. The van der Waals surface area contributed by atoms with E-state index in [1.165, 1.54) is 6.33 Å². The summed E-state index contributed by atoms with van der Waals surface area (Å²) in [5.74, 6) is 0.0790. The molecular formula is C10H12ClN5O. The van der Waals surface area contributed by atoms with Gasteiger partial charge in [0.15, 0.2) is 5.82 Å². The first kappa shape index (κ1) is 11.8. The number of hydrogen-bond donors (Lipinski definition) is 1. The summed E-state index contributed by atoms with van der Waals surface area (Å²) in [6, 6.07) is 0. The lowest BCUT2D eigenvalue weighted by Crippen LogP contribution is -2.09. The Hall–Kier alpha value is -1.69. The number of nitrogens with zero attached hydrogens (tertiary/aromatic N) is 4. The van der Waals surface area contributed by atoms with Crippen LogP contribution in [0.3, 0.4) is 0 Å². The van der Waals surface area contributed by atoms with E-state index in [0.29, 0.717) is 10.7 Å². The molecule has 0 aliphatic carbocycles. The smallest absolute Gasteiger partial charge is 0.205 e. The second-order valence-electron chi connectivity index (χ2n) is 3.62. The first-order valence-corrected chi connectivity index (χ1v) is 5.60. The molecule has 2 aromatic rings. The van der Waals surface area contributed by atoms with Gasteiger partial charge in [0.1, 0.15) is 6.33 Å². The molecule has 7 heteroatoms. The van der Waals surface area contributed by atoms with Gasteiger partial charge in [-0.05, 0) is 6.42 Å². The van der Waals surface area contributed by atoms with Gasteiger partial charge < -0.3 is 0 Å². The molecule has 2 heterocycles. The minimum atomic E-state index is -0.157. The fourth-order valence-electron chi connectivity index (χ4n) is 1.59. The topological polar surface area (TPSA) is 76.5 Å². The fraction of sp³-hybridized carbons (Fsp3) is 0.400. The molecule has 17 heavy (non-hydrogen) atoms. The number of hydrogen-bond acceptors (Lipinski definition) is 4. The number of ketones is 1. The Bertz CT molecular complexity index is 531. The van der Waals surface area contributed by atoms with Crippen LogP contribution in [0.15, 0.2) is 6.33 Å². The van der Waals surface area contributed by atoms with Crippen molar-refractivity contribution in [1.29, 1.82) is 0 Å². The normalized spacial score (nSPS) is 10.8. The molecule has 6 nitrogen and oxygen atoms in total. The summed E-state index contributed by atoms with van der Waals surface area (Å²) < 4.78 is 1.63. The zero-order valence-corrected chi connectivity index (χ0v) is 10.3. The van der Waals surface area contributed by atoms with E-state index < -0.39 is 0 Å². The quantitative estimate of drug-likeness (QED) is 0.830. The summed E-state index contributed by atoms with van der Waals surface area (Å²) in [6.45, 7) is 1.97. The Labute approximate surface area is 103 Å². The van der Waals surface area contributed by atoms with E-state index in [4.69, 9.17) is 11.6 Å². The Balaban J connectivity index is 2.25. The van der Waals surface area contributed by atoms with Gasteiger partial charge >= 0.3 is 0 Å². The zero-order chi connectivity index (χ0) is 12.4. The number of halogens is 1. The van der Waals surface area contributed by atoms with Crippen molar-refractivity contribution in [2.45, 2.75) is 19.8 Å². The largest absolute Gasteiger partial charge is 0.290 e. The van der Waals surface area contributed by atoms with Crippen LogP contribution in [-0.4, -0.2) is 30.7 Å². The zero-order valence-electron chi connectivity index (χ0n) is 9.57. The fourth-order valence-corrected chi connectivity index (χ4v) is 1.95. The Morgan fingerprint density at radius 3 is 2.88 bits per heavy atom. The van der Waals surface area contributed by atoms with Crippen LogP contribution in [0.2, 0.25) is 5.02 Å². The summed E-state index contributed by atoms with van der Waals surface area (Å²) in [4.78, 5) is 15.7. The van der Waals surface area contributed by atoms with Crippen LogP contribution in [0.25, 0.3) is 0 Å². The van der Waals surface area contributed by atoms with Crippen molar-refractivity contribution in [2.24, 2.45) is 7.05 Å². The van der Waals surface area contributed by atoms with Gasteiger partial charge in [0.05, 0.1) is 22.8 Å². The predicted octanol–water partition coefficient (Wildman–Crippen LogP) is 1.18. The van der Waals surface area contributed by atoms with Crippen molar-refractivity contribution in [2.75, 3.05) is 0 Å². The summed E-state index contributed by atoms with van der Waals surface area (Å²) in [7, 11) is 1.77. The predicted molar refractivity (Wildman–Crippen MR) is 62.0 cm³/mol. The number of aromatic amines is 1. The molecule has 2 aromatic heterocycles. The highest BCUT2D eigenvalue weighted by Crippen LogP contribution is 2.21. The van der Waals surface area contributed by atoms with Gasteiger partial charge in [-0.15, -0.1) is 0 Å². The highest BCUT2D eigenvalue weighted by atomic mass is 35.5. The van der Waals surface area contributed by atoms with Crippen molar-refractivity contribution in [3.05, 3.63) is 28.6 Å². The first-order chi connectivity index (χ1) is 8.13. The number of aromatic nitrogens is 5. The van der Waals surface area contributed by atoms with E-state index in [1.54, 1.807) is 11.7 Å². The average molecular weight is 254 g/mol. The van der Waals surface area contributed by atoms with E-state index in [1.807, 2.05) is 6.92 Å². The Morgan fingerprint density at radius 1 is 1.59 bits per heavy atom. The maximum atomic E-state index is 11.8. The van der Waals surface area contributed by atoms with E-state index in [2.05, 4.69) is 20.3 Å². The maximum absolute atomic E-state index is 11.8. The van der Waals surface area contributed by atoms with Crippen molar-refractivity contribution in [1.82, 2.24) is 25.0 Å². The number of nitrogens with one attached hydrogen (secondary N) is 1. The van der Waals surface area contributed by atoms with Gasteiger partial charge in [0, 0.05) is 7.05 Å². The molecule has 0 spiro atoms. The van der Waals surface area contributed by atoms with Crippen LogP contribution in [-0.2, 0) is 19.9 Å². The van der Waals surface area contributed by atoms with Crippen molar-refractivity contribution >= 4 is 17.4 Å². The summed E-state index contributed by atoms with van der Waals surface area (Å²) in [5, 5.41) is 11.0. The van der Waals surface area contributed by atoms with Crippen LogP contribution in [0.4, 0.5) is 0 Å². The number of H-pyrrole nitrogens is 1. The van der Waals surface area contributed by atoms with Crippen LogP contribution in [0.5, 0.6) is 0 Å². The lowest BCUT2D eigenvalue weighted by Gasteiger charge is -1.99. The van der Waals surface area contributed by atoms with Crippen LogP contribution < -0.4 is 0 Å². The van der Waals surface area contributed by atoms with Gasteiger partial charge in [-0.3, -0.25) is 14.6 Å². The molecule has 0 aromatic carbocycles. The molecule has 1 N–H and O–H groups in total. The molecule has 0 radical (unpaired) electrons. The van der Waals surface area contributed by atoms with E-state index >= 15 is 0 Å². The summed E-state index contributed by atoms with van der Waals surface area (Å²) in [5.41, 5.74) is 1.50. The number of rotatable bonds is 4. The van der Waals surface area contributed by atoms with Gasteiger partial charge in [0.2, 0.25) is 5.78 Å². The van der Waals surface area contributed by atoms with Gasteiger partial charge in [-0.25, -0.2) is 4.98 Å². The lowest BCUT2D eigenvalue weighted by molar-refractivity contribution is 0.0981. The molecule has 0 atom stereocenters. The van der Waals surface area contributed by atoms with Gasteiger partial charge in [0.25, 0.3) is 0 Å². The Kier molecular flexibility index (Phi) is 3.23. The van der Waals surface area contributed by atoms with Crippen LogP contribution in [0, 0.1) is 0 Å². The molecule has 0 bridgehead atoms. The SMILES string of the molecule is CCc1nn(C)c(CC(=O)c2ncn[nH]2)c1Cl. The monoisotopic (exact) mass is 253 g/mol. The minimum Gasteiger partial charge on any atom is -0.290 e. The minimum absolute atomic E-state index is 0.157. The third kappa shape index (κ3) is 2.21. The van der Waals surface area contributed by atoms with Crippen molar-refractivity contribution in [3.8, 4) is 0 Å². The lowest BCUT2D eigenvalue weighted by atomic mass is 10.2. The average Bonchev–Trinajstić information content (AvgIpc) is 2.92. The molecule has 2 rings (SSSR count).